The van der Waals surface area contributed by atoms with Gasteiger partial charge in [-0.3, -0.25) is 0 Å². The molecule has 0 aliphatic carbocycles. The van der Waals surface area contributed by atoms with Crippen LogP contribution in [0.5, 0.6) is 0 Å². The normalized spacial score (nSPS) is 20.7. The Hall–Kier alpha value is -0.730. The Bertz CT molecular complexity index is 332. The number of rotatable bonds is 3. The third-order valence-corrected chi connectivity index (χ3v) is 3.46. The van der Waals surface area contributed by atoms with E-state index < -0.39 is 0 Å². The maximum atomic E-state index is 5.97. The summed E-state index contributed by atoms with van der Waals surface area (Å²) < 4.78 is 0. The van der Waals surface area contributed by atoms with Crippen LogP contribution in [0.1, 0.15) is 18.4 Å². The molecular formula is C12H17ClN2. The molecule has 1 unspecified atom stereocenters. The van der Waals surface area contributed by atoms with Crippen molar-refractivity contribution in [2.24, 2.45) is 5.92 Å². The fraction of sp³-hybridized carbons (Fsp3) is 0.500. The molecule has 0 saturated carbocycles. The zero-order chi connectivity index (χ0) is 10.7. The second-order valence-electron chi connectivity index (χ2n) is 4.21. The molecule has 1 aliphatic heterocycles. The van der Waals surface area contributed by atoms with Crippen molar-refractivity contribution in [2.45, 2.75) is 19.3 Å². The molecule has 3 heteroatoms. The maximum Gasteiger partial charge on any atom is 0.0638 e. The van der Waals surface area contributed by atoms with Gasteiger partial charge in [0.05, 0.1) is 10.7 Å². The number of anilines is 1. The van der Waals surface area contributed by atoms with Crippen molar-refractivity contribution in [1.82, 2.24) is 5.32 Å². The Morgan fingerprint density at radius 2 is 2.33 bits per heavy atom. The first kappa shape index (κ1) is 10.8. The lowest BCUT2D eigenvalue weighted by Gasteiger charge is -2.10. The third-order valence-electron chi connectivity index (χ3n) is 3.13. The zero-order valence-corrected chi connectivity index (χ0v) is 9.56. The van der Waals surface area contributed by atoms with Gasteiger partial charge in [-0.15, -0.1) is 0 Å². The van der Waals surface area contributed by atoms with Crippen LogP contribution in [0.25, 0.3) is 0 Å². The monoisotopic (exact) mass is 224 g/mol. The van der Waals surface area contributed by atoms with Crippen LogP contribution >= 0.6 is 11.6 Å². The summed E-state index contributed by atoms with van der Waals surface area (Å²) in [4.78, 5) is 0. The van der Waals surface area contributed by atoms with Gasteiger partial charge in [-0.25, -0.2) is 0 Å². The van der Waals surface area contributed by atoms with E-state index in [1.165, 1.54) is 18.4 Å². The maximum absolute atomic E-state index is 5.97. The summed E-state index contributed by atoms with van der Waals surface area (Å²) >= 11 is 5.97. The summed E-state index contributed by atoms with van der Waals surface area (Å²) in [5, 5.41) is 4.06. The van der Waals surface area contributed by atoms with E-state index in [0.29, 0.717) is 5.02 Å². The third kappa shape index (κ3) is 2.64. The molecule has 1 aromatic carbocycles. The smallest absolute Gasteiger partial charge is 0.0638 e. The summed E-state index contributed by atoms with van der Waals surface area (Å²) in [6.07, 6.45) is 3.54. The SMILES string of the molecule is Nc1c(Cl)cccc1CCC1CCNC1. The first-order chi connectivity index (χ1) is 7.27. The highest BCUT2D eigenvalue weighted by molar-refractivity contribution is 6.33. The molecule has 1 aliphatic rings. The van der Waals surface area contributed by atoms with E-state index in [2.05, 4.69) is 11.4 Å². The topological polar surface area (TPSA) is 38.0 Å². The Morgan fingerprint density at radius 1 is 1.47 bits per heavy atom. The van der Waals surface area contributed by atoms with E-state index in [1.807, 2.05) is 12.1 Å². The molecule has 0 amide bonds. The van der Waals surface area contributed by atoms with Crippen LogP contribution in [0.3, 0.4) is 0 Å². The minimum Gasteiger partial charge on any atom is -0.397 e. The standard InChI is InChI=1S/C12H17ClN2/c13-11-3-1-2-10(12(11)14)5-4-9-6-7-15-8-9/h1-3,9,15H,4-8,14H2. The largest absolute Gasteiger partial charge is 0.397 e. The summed E-state index contributed by atoms with van der Waals surface area (Å²) in [5.41, 5.74) is 7.86. The minimum atomic E-state index is 0.678. The van der Waals surface area contributed by atoms with Crippen molar-refractivity contribution in [1.29, 1.82) is 0 Å². The van der Waals surface area contributed by atoms with Gasteiger partial charge in [-0.05, 0) is 49.9 Å². The van der Waals surface area contributed by atoms with Crippen LogP contribution in [0.4, 0.5) is 5.69 Å². The van der Waals surface area contributed by atoms with Crippen molar-refractivity contribution < 1.29 is 0 Å². The van der Waals surface area contributed by atoms with Crippen LogP contribution < -0.4 is 11.1 Å². The molecule has 15 heavy (non-hydrogen) atoms. The Balaban J connectivity index is 1.95. The fourth-order valence-corrected chi connectivity index (χ4v) is 2.31. The highest BCUT2D eigenvalue weighted by atomic mass is 35.5. The molecule has 1 atom stereocenters. The average molecular weight is 225 g/mol. The molecule has 1 saturated heterocycles. The molecule has 1 heterocycles. The van der Waals surface area contributed by atoms with E-state index in [-0.39, 0.29) is 0 Å². The van der Waals surface area contributed by atoms with Crippen molar-refractivity contribution in [3.05, 3.63) is 28.8 Å². The number of para-hydroxylation sites is 1. The summed E-state index contributed by atoms with van der Waals surface area (Å²) in [6, 6.07) is 5.89. The quantitative estimate of drug-likeness (QED) is 0.775. The molecule has 1 aromatic rings. The highest BCUT2D eigenvalue weighted by Crippen LogP contribution is 2.25. The van der Waals surface area contributed by atoms with Crippen molar-refractivity contribution in [3.63, 3.8) is 0 Å². The van der Waals surface area contributed by atoms with Crippen molar-refractivity contribution in [3.8, 4) is 0 Å². The van der Waals surface area contributed by atoms with Gasteiger partial charge in [0.1, 0.15) is 0 Å². The van der Waals surface area contributed by atoms with Gasteiger partial charge in [-0.2, -0.15) is 0 Å². The van der Waals surface area contributed by atoms with Crippen LogP contribution in [0.15, 0.2) is 18.2 Å². The Labute approximate surface area is 95.8 Å². The number of nitrogens with two attached hydrogens (primary N) is 1. The number of hydrogen-bond acceptors (Lipinski definition) is 2. The van der Waals surface area contributed by atoms with E-state index in [9.17, 15) is 0 Å². The van der Waals surface area contributed by atoms with E-state index in [4.69, 9.17) is 17.3 Å². The van der Waals surface area contributed by atoms with E-state index in [1.54, 1.807) is 0 Å². The molecule has 3 N–H and O–H groups in total. The molecule has 0 bridgehead atoms. The highest BCUT2D eigenvalue weighted by Gasteiger charge is 2.14. The van der Waals surface area contributed by atoms with E-state index >= 15 is 0 Å². The molecule has 1 fully saturated rings. The van der Waals surface area contributed by atoms with Crippen LogP contribution in [-0.4, -0.2) is 13.1 Å². The van der Waals surface area contributed by atoms with Gasteiger partial charge in [0.2, 0.25) is 0 Å². The number of benzene rings is 1. The van der Waals surface area contributed by atoms with Crippen molar-refractivity contribution >= 4 is 17.3 Å². The summed E-state index contributed by atoms with van der Waals surface area (Å²) in [7, 11) is 0. The van der Waals surface area contributed by atoms with Crippen molar-refractivity contribution in [2.75, 3.05) is 18.8 Å². The molecule has 2 rings (SSSR count). The molecule has 2 nitrogen and oxygen atoms in total. The Morgan fingerprint density at radius 3 is 3.07 bits per heavy atom. The average Bonchev–Trinajstić information content (AvgIpc) is 2.73. The number of hydrogen-bond donors (Lipinski definition) is 2. The second kappa shape index (κ2) is 4.86. The number of aryl methyl sites for hydroxylation is 1. The lowest BCUT2D eigenvalue weighted by Crippen LogP contribution is -2.09. The zero-order valence-electron chi connectivity index (χ0n) is 8.80. The van der Waals surface area contributed by atoms with Gasteiger partial charge < -0.3 is 11.1 Å². The molecular weight excluding hydrogens is 208 g/mol. The van der Waals surface area contributed by atoms with Gasteiger partial charge in [0, 0.05) is 0 Å². The lowest BCUT2D eigenvalue weighted by atomic mass is 9.98. The molecule has 0 spiro atoms. The van der Waals surface area contributed by atoms with Crippen LogP contribution in [0, 0.1) is 5.92 Å². The Kier molecular flexibility index (Phi) is 3.49. The summed E-state index contributed by atoms with van der Waals surface area (Å²) in [5.74, 6) is 0.809. The minimum absolute atomic E-state index is 0.678. The van der Waals surface area contributed by atoms with Gasteiger partial charge in [-0.1, -0.05) is 23.7 Å². The second-order valence-corrected chi connectivity index (χ2v) is 4.62. The van der Waals surface area contributed by atoms with E-state index in [0.717, 1.165) is 31.1 Å². The van der Waals surface area contributed by atoms with Gasteiger partial charge in [0.15, 0.2) is 0 Å². The molecule has 82 valence electrons. The van der Waals surface area contributed by atoms with Crippen LogP contribution in [-0.2, 0) is 6.42 Å². The summed E-state index contributed by atoms with van der Waals surface area (Å²) in [6.45, 7) is 2.32. The number of halogens is 1. The van der Waals surface area contributed by atoms with Gasteiger partial charge in [0.25, 0.3) is 0 Å². The van der Waals surface area contributed by atoms with Gasteiger partial charge >= 0.3 is 0 Å². The number of nitrogen functional groups attached to an aromatic ring is 1. The molecule has 0 radical (unpaired) electrons. The number of nitrogens with one attached hydrogen (secondary N) is 1. The first-order valence-corrected chi connectivity index (χ1v) is 5.89. The predicted octanol–water partition coefficient (Wildman–Crippen LogP) is 2.46. The van der Waals surface area contributed by atoms with Crippen LogP contribution in [0.2, 0.25) is 5.02 Å². The first-order valence-electron chi connectivity index (χ1n) is 5.51. The fourth-order valence-electron chi connectivity index (χ4n) is 2.12. The predicted molar refractivity (Wildman–Crippen MR) is 65.2 cm³/mol. The molecule has 0 aromatic heterocycles. The lowest BCUT2D eigenvalue weighted by molar-refractivity contribution is 0.533.